The largest absolute Gasteiger partial charge is 0.405 e. The summed E-state index contributed by atoms with van der Waals surface area (Å²) in [6.07, 6.45) is -4.32. The Labute approximate surface area is 87.9 Å². The Balaban J connectivity index is 2.93. The first-order valence-electron chi connectivity index (χ1n) is 3.78. The van der Waals surface area contributed by atoms with Gasteiger partial charge in [0, 0.05) is 7.05 Å². The summed E-state index contributed by atoms with van der Waals surface area (Å²) in [5.41, 5.74) is 5.31. The summed E-state index contributed by atoms with van der Waals surface area (Å²) in [6, 6.07) is 1.72. The van der Waals surface area contributed by atoms with Crippen LogP contribution in [-0.4, -0.2) is 24.1 Å². The molecular weight excluding hydrogens is 229 g/mol. The van der Waals surface area contributed by atoms with Gasteiger partial charge in [-0.1, -0.05) is 0 Å². The fourth-order valence-corrected chi connectivity index (χ4v) is 1.72. The Morgan fingerprint density at radius 3 is 2.67 bits per heavy atom. The molecule has 0 aliphatic rings. The van der Waals surface area contributed by atoms with E-state index in [4.69, 9.17) is 11.0 Å². The lowest BCUT2D eigenvalue weighted by Crippen LogP contribution is -2.30. The fourth-order valence-electron chi connectivity index (χ4n) is 1.000. The number of alkyl halides is 3. The maximum atomic E-state index is 12.1. The summed E-state index contributed by atoms with van der Waals surface area (Å²) in [6.45, 7) is -1.14. The van der Waals surface area contributed by atoms with Crippen molar-refractivity contribution in [3.05, 3.63) is 5.56 Å². The maximum absolute atomic E-state index is 12.1. The minimum Gasteiger partial charge on any atom is -0.382 e. The van der Waals surface area contributed by atoms with Crippen molar-refractivity contribution in [1.29, 1.82) is 5.26 Å². The first-order chi connectivity index (χ1) is 6.85. The smallest absolute Gasteiger partial charge is 0.382 e. The minimum atomic E-state index is -4.32. The van der Waals surface area contributed by atoms with Gasteiger partial charge in [-0.3, -0.25) is 0 Å². The second-order valence-corrected chi connectivity index (χ2v) is 3.58. The van der Waals surface area contributed by atoms with Crippen molar-refractivity contribution in [2.75, 3.05) is 24.2 Å². The highest BCUT2D eigenvalue weighted by Crippen LogP contribution is 2.30. The molecular formula is C7H7F3N4S. The van der Waals surface area contributed by atoms with Crippen LogP contribution in [0.5, 0.6) is 0 Å². The average molecular weight is 236 g/mol. The highest BCUT2D eigenvalue weighted by Gasteiger charge is 2.31. The van der Waals surface area contributed by atoms with E-state index >= 15 is 0 Å². The average Bonchev–Trinajstić information content (AvgIpc) is 2.43. The quantitative estimate of drug-likeness (QED) is 0.846. The molecule has 0 saturated heterocycles. The molecule has 0 aliphatic heterocycles. The molecule has 0 aliphatic carbocycles. The summed E-state index contributed by atoms with van der Waals surface area (Å²) in [5, 5.41) is 8.80. The van der Waals surface area contributed by atoms with Gasteiger partial charge in [-0.25, -0.2) is 0 Å². The van der Waals surface area contributed by atoms with E-state index in [-0.39, 0.29) is 16.4 Å². The van der Waals surface area contributed by atoms with Gasteiger partial charge < -0.3 is 10.6 Å². The van der Waals surface area contributed by atoms with Crippen molar-refractivity contribution in [3.63, 3.8) is 0 Å². The lowest BCUT2D eigenvalue weighted by atomic mass is 10.3. The zero-order valence-electron chi connectivity index (χ0n) is 7.67. The number of anilines is 2. The van der Waals surface area contributed by atoms with E-state index in [1.165, 1.54) is 7.05 Å². The third-order valence-electron chi connectivity index (χ3n) is 1.58. The Bertz CT molecular complexity index is 392. The van der Waals surface area contributed by atoms with Crippen LogP contribution in [0.1, 0.15) is 5.56 Å². The molecule has 0 amide bonds. The number of hydrogen-bond acceptors (Lipinski definition) is 5. The van der Waals surface area contributed by atoms with Crippen LogP contribution in [0.3, 0.4) is 0 Å². The molecule has 1 heterocycles. The molecule has 1 aromatic heterocycles. The monoisotopic (exact) mass is 236 g/mol. The van der Waals surface area contributed by atoms with Crippen LogP contribution in [0, 0.1) is 11.3 Å². The molecule has 0 bridgehead atoms. The van der Waals surface area contributed by atoms with Crippen molar-refractivity contribution in [1.82, 2.24) is 4.37 Å². The summed E-state index contributed by atoms with van der Waals surface area (Å²) in [5.74, 6) is -0.0356. The Kier molecular flexibility index (Phi) is 3.04. The van der Waals surface area contributed by atoms with Gasteiger partial charge in [0.2, 0.25) is 0 Å². The Hall–Kier alpha value is -1.49. The van der Waals surface area contributed by atoms with Crippen LogP contribution in [0.2, 0.25) is 0 Å². The van der Waals surface area contributed by atoms with Gasteiger partial charge >= 0.3 is 6.18 Å². The van der Waals surface area contributed by atoms with E-state index in [0.29, 0.717) is 0 Å². The van der Waals surface area contributed by atoms with Crippen LogP contribution < -0.4 is 10.6 Å². The molecule has 0 saturated carbocycles. The zero-order chi connectivity index (χ0) is 11.6. The zero-order valence-corrected chi connectivity index (χ0v) is 8.48. The standard InChI is InChI=1S/C7H7F3N4S/c1-14(3-7(8,9)10)6-4(2-11)5(12)13-15-6/h3H2,1H3,(H2,12,13). The summed E-state index contributed by atoms with van der Waals surface area (Å²) < 4.78 is 39.8. The first-order valence-corrected chi connectivity index (χ1v) is 4.55. The summed E-state index contributed by atoms with van der Waals surface area (Å²) in [7, 11) is 1.24. The summed E-state index contributed by atoms with van der Waals surface area (Å²) >= 11 is 0.778. The van der Waals surface area contributed by atoms with E-state index in [9.17, 15) is 13.2 Å². The number of nitrogens with two attached hydrogens (primary N) is 1. The van der Waals surface area contributed by atoms with Crippen LogP contribution in [0.15, 0.2) is 0 Å². The van der Waals surface area contributed by atoms with Crippen molar-refractivity contribution in [3.8, 4) is 6.07 Å². The van der Waals surface area contributed by atoms with Crippen LogP contribution in [-0.2, 0) is 0 Å². The van der Waals surface area contributed by atoms with Crippen molar-refractivity contribution < 1.29 is 13.2 Å². The lowest BCUT2D eigenvalue weighted by molar-refractivity contribution is -0.119. The second kappa shape index (κ2) is 3.94. The van der Waals surface area contributed by atoms with Gasteiger partial charge in [0.05, 0.1) is 0 Å². The van der Waals surface area contributed by atoms with Gasteiger partial charge in [-0.05, 0) is 11.5 Å². The number of hydrogen-bond donors (Lipinski definition) is 1. The molecule has 0 unspecified atom stereocenters. The first kappa shape index (κ1) is 11.6. The molecule has 82 valence electrons. The number of rotatable bonds is 2. The highest BCUT2D eigenvalue weighted by molar-refractivity contribution is 7.10. The van der Waals surface area contributed by atoms with Crippen molar-refractivity contribution >= 4 is 22.4 Å². The third-order valence-corrected chi connectivity index (χ3v) is 2.55. The topological polar surface area (TPSA) is 65.9 Å². The predicted molar refractivity (Wildman–Crippen MR) is 50.6 cm³/mol. The van der Waals surface area contributed by atoms with Gasteiger partial charge in [0.15, 0.2) is 5.82 Å². The van der Waals surface area contributed by atoms with Crippen molar-refractivity contribution in [2.45, 2.75) is 6.18 Å². The molecule has 0 spiro atoms. The molecule has 0 aromatic carbocycles. The van der Waals surface area contributed by atoms with Crippen LogP contribution >= 0.6 is 11.5 Å². The maximum Gasteiger partial charge on any atom is 0.405 e. The molecule has 0 radical (unpaired) electrons. The van der Waals surface area contributed by atoms with E-state index in [1.54, 1.807) is 6.07 Å². The fraction of sp³-hybridized carbons (Fsp3) is 0.429. The number of nitrogens with zero attached hydrogens (tertiary/aromatic N) is 3. The number of nitrogen functional groups attached to an aromatic ring is 1. The number of nitriles is 1. The molecule has 4 nitrogen and oxygen atoms in total. The highest BCUT2D eigenvalue weighted by atomic mass is 32.1. The SMILES string of the molecule is CN(CC(F)(F)F)c1snc(N)c1C#N. The van der Waals surface area contributed by atoms with E-state index in [2.05, 4.69) is 4.37 Å². The molecule has 0 fully saturated rings. The third kappa shape index (κ3) is 2.73. The number of halogens is 3. The van der Waals surface area contributed by atoms with Crippen LogP contribution in [0.4, 0.5) is 24.0 Å². The minimum absolute atomic E-state index is 0.00764. The molecule has 1 rings (SSSR count). The second-order valence-electron chi connectivity index (χ2n) is 2.83. The van der Waals surface area contributed by atoms with Gasteiger partial charge in [-0.2, -0.15) is 22.8 Å². The van der Waals surface area contributed by atoms with Crippen molar-refractivity contribution in [2.24, 2.45) is 0 Å². The van der Waals surface area contributed by atoms with Gasteiger partial charge in [0.1, 0.15) is 23.2 Å². The molecule has 15 heavy (non-hydrogen) atoms. The van der Waals surface area contributed by atoms with Gasteiger partial charge in [0.25, 0.3) is 0 Å². The van der Waals surface area contributed by atoms with Crippen LogP contribution in [0.25, 0.3) is 0 Å². The van der Waals surface area contributed by atoms with E-state index < -0.39 is 12.7 Å². The van der Waals surface area contributed by atoms with E-state index in [1.807, 2.05) is 0 Å². The molecule has 2 N–H and O–H groups in total. The predicted octanol–water partition coefficient (Wildman–Crippen LogP) is 1.60. The summed E-state index contributed by atoms with van der Waals surface area (Å²) in [4.78, 5) is 0.909. The Morgan fingerprint density at radius 2 is 2.20 bits per heavy atom. The van der Waals surface area contributed by atoms with Gasteiger partial charge in [-0.15, -0.1) is 0 Å². The molecule has 0 atom stereocenters. The lowest BCUT2D eigenvalue weighted by Gasteiger charge is -2.18. The Morgan fingerprint density at radius 1 is 1.60 bits per heavy atom. The molecule has 8 heteroatoms. The number of aromatic nitrogens is 1. The molecule has 1 aromatic rings. The normalized spacial score (nSPS) is 11.1. The van der Waals surface area contributed by atoms with E-state index in [0.717, 1.165) is 16.4 Å².